The molecule has 1 aliphatic carbocycles. The lowest BCUT2D eigenvalue weighted by atomic mass is 9.95. The van der Waals surface area contributed by atoms with E-state index in [-0.39, 0.29) is 6.10 Å². The minimum Gasteiger partial charge on any atom is -0.443 e. The fraction of sp³-hybridized carbons (Fsp3) is 0.889. The summed E-state index contributed by atoms with van der Waals surface area (Å²) in [6, 6.07) is -0.407. The van der Waals surface area contributed by atoms with Crippen molar-refractivity contribution in [3.63, 3.8) is 0 Å². The molecule has 0 unspecified atom stereocenters. The molecule has 2 fully saturated rings. The molecule has 7 heteroatoms. The molecule has 2 atom stereocenters. The Balaban J connectivity index is 2.23. The molecule has 0 aromatic carbocycles. The van der Waals surface area contributed by atoms with Gasteiger partial charge in [0.1, 0.15) is 6.10 Å². The van der Waals surface area contributed by atoms with E-state index in [0.717, 1.165) is 32.1 Å². The number of halogens is 1. The molecule has 0 aromatic heterocycles. The van der Waals surface area contributed by atoms with Gasteiger partial charge in [0, 0.05) is 10.7 Å². The molecule has 16 heavy (non-hydrogen) atoms. The molecular weight excluding hydrogens is 254 g/mol. The van der Waals surface area contributed by atoms with Gasteiger partial charge in [-0.2, -0.15) is 12.7 Å². The first-order chi connectivity index (χ1) is 7.50. The summed E-state index contributed by atoms with van der Waals surface area (Å²) < 4.78 is 28.3. The Bertz CT molecular complexity index is 383. The summed E-state index contributed by atoms with van der Waals surface area (Å²) in [5, 5.41) is 0. The number of carbonyl (C=O) groups is 1. The highest BCUT2D eigenvalue weighted by Gasteiger charge is 2.47. The molecule has 0 radical (unpaired) electrons. The van der Waals surface area contributed by atoms with Crippen LogP contribution in [0, 0.1) is 0 Å². The summed E-state index contributed by atoms with van der Waals surface area (Å²) in [7, 11) is 1.23. The summed E-state index contributed by atoms with van der Waals surface area (Å²) in [4.78, 5) is 11.5. The van der Waals surface area contributed by atoms with Crippen LogP contribution in [0.5, 0.6) is 0 Å². The Kier molecular flexibility index (Phi) is 3.30. The van der Waals surface area contributed by atoms with E-state index in [9.17, 15) is 13.2 Å². The number of carbonyl (C=O) groups excluding carboxylic acids is 1. The van der Waals surface area contributed by atoms with Crippen LogP contribution < -0.4 is 0 Å². The van der Waals surface area contributed by atoms with Crippen LogP contribution in [0.25, 0.3) is 0 Å². The molecule has 0 spiro atoms. The van der Waals surface area contributed by atoms with Gasteiger partial charge in [-0.25, -0.2) is 4.79 Å². The largest absolute Gasteiger partial charge is 0.443 e. The first-order valence-electron chi connectivity index (χ1n) is 5.45. The van der Waals surface area contributed by atoms with Gasteiger partial charge < -0.3 is 4.74 Å². The summed E-state index contributed by atoms with van der Waals surface area (Å²) >= 11 is 0. The molecule has 2 rings (SSSR count). The molecule has 1 saturated carbocycles. The highest BCUT2D eigenvalue weighted by atomic mass is 35.7. The van der Waals surface area contributed by atoms with Gasteiger partial charge in [0.05, 0.1) is 6.04 Å². The Morgan fingerprint density at radius 1 is 1.19 bits per heavy atom. The van der Waals surface area contributed by atoms with Crippen LogP contribution in [0.15, 0.2) is 0 Å². The van der Waals surface area contributed by atoms with Crippen molar-refractivity contribution in [1.82, 2.24) is 4.31 Å². The van der Waals surface area contributed by atoms with E-state index in [1.54, 1.807) is 0 Å². The maximum absolute atomic E-state index is 11.5. The van der Waals surface area contributed by atoms with Crippen LogP contribution in [0.1, 0.15) is 38.5 Å². The zero-order valence-electron chi connectivity index (χ0n) is 8.76. The first kappa shape index (κ1) is 12.0. The van der Waals surface area contributed by atoms with Gasteiger partial charge in [-0.1, -0.05) is 19.3 Å². The highest BCUT2D eigenvalue weighted by Crippen LogP contribution is 2.32. The molecule has 1 aliphatic heterocycles. The van der Waals surface area contributed by atoms with E-state index < -0.39 is 21.4 Å². The molecule has 2 aliphatic rings. The Morgan fingerprint density at radius 2 is 1.81 bits per heavy atom. The summed E-state index contributed by atoms with van der Waals surface area (Å²) in [5.41, 5.74) is 0. The number of nitrogens with zero attached hydrogens (tertiary/aromatic N) is 1. The first-order valence-corrected chi connectivity index (χ1v) is 7.71. The zero-order valence-corrected chi connectivity index (χ0v) is 10.3. The second-order valence-corrected chi connectivity index (χ2v) is 6.61. The maximum Gasteiger partial charge on any atom is 0.425 e. The van der Waals surface area contributed by atoms with Gasteiger partial charge in [-0.15, -0.1) is 0 Å². The van der Waals surface area contributed by atoms with Crippen molar-refractivity contribution in [2.75, 3.05) is 0 Å². The lowest BCUT2D eigenvalue weighted by Crippen LogP contribution is -2.39. The Hall–Kier alpha value is -0.490. The number of hydrogen-bond acceptors (Lipinski definition) is 4. The van der Waals surface area contributed by atoms with Crippen molar-refractivity contribution in [3.05, 3.63) is 0 Å². The van der Waals surface area contributed by atoms with Gasteiger partial charge in [-0.05, 0) is 19.3 Å². The van der Waals surface area contributed by atoms with Gasteiger partial charge >= 0.3 is 15.3 Å². The smallest absolute Gasteiger partial charge is 0.425 e. The van der Waals surface area contributed by atoms with E-state index in [4.69, 9.17) is 15.4 Å². The zero-order chi connectivity index (χ0) is 11.8. The Labute approximate surface area is 99.2 Å². The quantitative estimate of drug-likeness (QED) is 0.682. The molecule has 1 saturated heterocycles. The molecule has 0 aromatic rings. The summed E-state index contributed by atoms with van der Waals surface area (Å²) in [5.74, 6) is 0. The summed E-state index contributed by atoms with van der Waals surface area (Å²) in [6.45, 7) is 0. The SMILES string of the molecule is O=C1O[C@H]2CCCCCC[C@H]2N1S(=O)(=O)Cl. The third-order valence-corrected chi connectivity index (χ3v) is 4.47. The van der Waals surface area contributed by atoms with Crippen molar-refractivity contribution in [1.29, 1.82) is 0 Å². The minimum atomic E-state index is -4.02. The number of ether oxygens (including phenoxy) is 1. The molecule has 0 N–H and O–H groups in total. The monoisotopic (exact) mass is 267 g/mol. The average molecular weight is 268 g/mol. The second-order valence-electron chi connectivity index (χ2n) is 4.22. The predicted octanol–water partition coefficient (Wildman–Crippen LogP) is 2.01. The highest BCUT2D eigenvalue weighted by molar-refractivity contribution is 8.12. The molecule has 92 valence electrons. The lowest BCUT2D eigenvalue weighted by molar-refractivity contribution is 0.120. The van der Waals surface area contributed by atoms with Crippen LogP contribution >= 0.6 is 10.7 Å². The van der Waals surface area contributed by atoms with E-state index >= 15 is 0 Å². The average Bonchev–Trinajstić information content (AvgIpc) is 2.41. The molecule has 1 heterocycles. The standard InChI is InChI=1S/C9H14ClNO4S/c10-16(13,14)11-7-5-3-1-2-4-6-8(7)15-9(11)12/h7-8H,1-6H2/t7-,8+/m1/s1. The van der Waals surface area contributed by atoms with Crippen LogP contribution in [-0.2, 0) is 14.0 Å². The normalized spacial score (nSPS) is 31.6. The van der Waals surface area contributed by atoms with Gasteiger partial charge in [-0.3, -0.25) is 0 Å². The third kappa shape index (κ3) is 2.27. The van der Waals surface area contributed by atoms with Crippen molar-refractivity contribution in [2.45, 2.75) is 50.7 Å². The number of fused-ring (bicyclic) bond motifs is 1. The predicted molar refractivity (Wildman–Crippen MR) is 58.4 cm³/mol. The van der Waals surface area contributed by atoms with Crippen LogP contribution in [-0.4, -0.2) is 31.0 Å². The maximum atomic E-state index is 11.5. The van der Waals surface area contributed by atoms with E-state index in [1.807, 2.05) is 0 Å². The molecule has 5 nitrogen and oxygen atoms in total. The topological polar surface area (TPSA) is 63.7 Å². The molecule has 0 bridgehead atoms. The van der Waals surface area contributed by atoms with Crippen LogP contribution in [0.4, 0.5) is 4.79 Å². The second kappa shape index (κ2) is 4.41. The Morgan fingerprint density at radius 3 is 2.44 bits per heavy atom. The minimum absolute atomic E-state index is 0.318. The van der Waals surface area contributed by atoms with E-state index in [0.29, 0.717) is 10.7 Å². The summed E-state index contributed by atoms with van der Waals surface area (Å²) in [6.07, 6.45) is 4.25. The van der Waals surface area contributed by atoms with Crippen molar-refractivity contribution < 1.29 is 17.9 Å². The fourth-order valence-corrected chi connectivity index (χ4v) is 3.67. The lowest BCUT2D eigenvalue weighted by Gasteiger charge is -2.23. The van der Waals surface area contributed by atoms with Gasteiger partial charge in [0.25, 0.3) is 0 Å². The molecule has 1 amide bonds. The number of amides is 1. The third-order valence-electron chi connectivity index (χ3n) is 3.14. The number of rotatable bonds is 1. The van der Waals surface area contributed by atoms with Crippen LogP contribution in [0.2, 0.25) is 0 Å². The van der Waals surface area contributed by atoms with Gasteiger partial charge in [0.15, 0.2) is 0 Å². The fourth-order valence-electron chi connectivity index (χ4n) is 2.40. The van der Waals surface area contributed by atoms with E-state index in [1.165, 1.54) is 0 Å². The molecular formula is C9H14ClNO4S. The van der Waals surface area contributed by atoms with Gasteiger partial charge in [0.2, 0.25) is 0 Å². The van der Waals surface area contributed by atoms with Crippen molar-refractivity contribution in [3.8, 4) is 0 Å². The number of hydrogen-bond donors (Lipinski definition) is 0. The van der Waals surface area contributed by atoms with Crippen molar-refractivity contribution in [2.24, 2.45) is 0 Å². The van der Waals surface area contributed by atoms with Crippen molar-refractivity contribution >= 4 is 26.0 Å². The van der Waals surface area contributed by atoms with Crippen LogP contribution in [0.3, 0.4) is 0 Å². The van der Waals surface area contributed by atoms with E-state index in [2.05, 4.69) is 0 Å².